The van der Waals surface area contributed by atoms with Gasteiger partial charge in [-0.1, -0.05) is 20.8 Å². The molecule has 2 atom stereocenters. The molecular formula is C16H33NO5Si. The Labute approximate surface area is 141 Å². The van der Waals surface area contributed by atoms with Gasteiger partial charge in [0.25, 0.3) is 0 Å². The minimum Gasteiger partial charge on any atom is -0.467 e. The molecule has 0 radical (unpaired) electrons. The number of carbonyl (C=O) groups is 2. The lowest BCUT2D eigenvalue weighted by Gasteiger charge is -2.39. The van der Waals surface area contributed by atoms with Crippen LogP contribution in [0.25, 0.3) is 0 Å². The van der Waals surface area contributed by atoms with E-state index < -0.39 is 38.1 Å². The fraction of sp³-hybridized carbons (Fsp3) is 0.875. The predicted octanol–water partition coefficient (Wildman–Crippen LogP) is 3.46. The maximum Gasteiger partial charge on any atom is 0.408 e. The fourth-order valence-electron chi connectivity index (χ4n) is 1.64. The normalized spacial score (nSPS) is 15.6. The molecule has 23 heavy (non-hydrogen) atoms. The molecule has 0 rings (SSSR count). The highest BCUT2D eigenvalue weighted by molar-refractivity contribution is 6.74. The molecule has 1 amide bonds. The molecule has 0 unspecified atom stereocenters. The standard InChI is InChI=1S/C16H33NO5Si/c1-11(22-23(9,10)16(5,6)7)12(13(18)20-8)17-14(19)21-15(2,3)4/h11-12H,1-10H3,(H,17,19)/t11-,12+/m1/s1. The molecule has 0 saturated carbocycles. The zero-order valence-corrected chi connectivity index (χ0v) is 17.2. The summed E-state index contributed by atoms with van der Waals surface area (Å²) in [6, 6.07) is -0.913. The first-order valence-corrected chi connectivity index (χ1v) is 10.8. The van der Waals surface area contributed by atoms with E-state index in [9.17, 15) is 9.59 Å². The average Bonchev–Trinajstić information content (AvgIpc) is 2.30. The number of hydrogen-bond donors (Lipinski definition) is 1. The third-order valence-electron chi connectivity index (χ3n) is 3.88. The molecular weight excluding hydrogens is 314 g/mol. The molecule has 0 aliphatic heterocycles. The summed E-state index contributed by atoms with van der Waals surface area (Å²) in [4.78, 5) is 24.0. The summed E-state index contributed by atoms with van der Waals surface area (Å²) in [5.74, 6) is -0.554. The van der Waals surface area contributed by atoms with Gasteiger partial charge in [-0.2, -0.15) is 0 Å². The lowest BCUT2D eigenvalue weighted by Crippen LogP contribution is -2.54. The van der Waals surface area contributed by atoms with Crippen molar-refractivity contribution in [2.24, 2.45) is 0 Å². The van der Waals surface area contributed by atoms with Crippen molar-refractivity contribution in [1.29, 1.82) is 0 Å². The second kappa shape index (κ2) is 7.66. The SMILES string of the molecule is COC(=O)[C@@H](NC(=O)OC(C)(C)C)[C@@H](C)O[Si](C)(C)C(C)(C)C. The van der Waals surface area contributed by atoms with Gasteiger partial charge >= 0.3 is 12.1 Å². The number of alkyl carbamates (subject to hydrolysis) is 1. The van der Waals surface area contributed by atoms with Crippen molar-refractivity contribution in [3.05, 3.63) is 0 Å². The molecule has 0 spiro atoms. The third kappa shape index (κ3) is 7.35. The van der Waals surface area contributed by atoms with Crippen molar-refractivity contribution in [2.75, 3.05) is 7.11 Å². The topological polar surface area (TPSA) is 73.9 Å². The number of amides is 1. The molecule has 0 aromatic heterocycles. The number of rotatable bonds is 5. The summed E-state index contributed by atoms with van der Waals surface area (Å²) < 4.78 is 16.2. The average molecular weight is 348 g/mol. The molecule has 0 saturated heterocycles. The Balaban J connectivity index is 5.12. The van der Waals surface area contributed by atoms with Gasteiger partial charge in [-0.15, -0.1) is 0 Å². The number of nitrogens with one attached hydrogen (secondary N) is 1. The van der Waals surface area contributed by atoms with E-state index in [1.165, 1.54) is 7.11 Å². The van der Waals surface area contributed by atoms with Crippen LogP contribution in [0.1, 0.15) is 48.5 Å². The molecule has 0 aromatic rings. The van der Waals surface area contributed by atoms with Crippen LogP contribution in [-0.4, -0.2) is 45.2 Å². The van der Waals surface area contributed by atoms with E-state index in [2.05, 4.69) is 39.2 Å². The van der Waals surface area contributed by atoms with Gasteiger partial charge in [-0.05, 0) is 45.8 Å². The van der Waals surface area contributed by atoms with Crippen molar-refractivity contribution in [1.82, 2.24) is 5.32 Å². The fourth-order valence-corrected chi connectivity index (χ4v) is 3.06. The molecule has 6 nitrogen and oxygen atoms in total. The minimum atomic E-state index is -2.09. The lowest BCUT2D eigenvalue weighted by molar-refractivity contribution is -0.145. The molecule has 0 bridgehead atoms. The molecule has 136 valence electrons. The van der Waals surface area contributed by atoms with Gasteiger partial charge in [0, 0.05) is 0 Å². The van der Waals surface area contributed by atoms with E-state index in [0.717, 1.165) is 0 Å². The number of carbonyl (C=O) groups excluding carboxylic acids is 2. The summed E-state index contributed by atoms with van der Waals surface area (Å²) >= 11 is 0. The Hall–Kier alpha value is -1.08. The first-order valence-electron chi connectivity index (χ1n) is 7.86. The Morgan fingerprint density at radius 3 is 1.87 bits per heavy atom. The lowest BCUT2D eigenvalue weighted by atomic mass is 10.2. The highest BCUT2D eigenvalue weighted by Crippen LogP contribution is 2.37. The second-order valence-electron chi connectivity index (χ2n) is 8.23. The van der Waals surface area contributed by atoms with Crippen molar-refractivity contribution in [3.8, 4) is 0 Å². The maximum absolute atomic E-state index is 12.0. The van der Waals surface area contributed by atoms with E-state index in [4.69, 9.17) is 13.9 Å². The molecule has 0 aliphatic carbocycles. The second-order valence-corrected chi connectivity index (χ2v) is 13.0. The highest BCUT2D eigenvalue weighted by Gasteiger charge is 2.41. The van der Waals surface area contributed by atoms with Crippen LogP contribution in [0.2, 0.25) is 18.1 Å². The van der Waals surface area contributed by atoms with Crippen molar-refractivity contribution >= 4 is 20.4 Å². The highest BCUT2D eigenvalue weighted by atomic mass is 28.4. The molecule has 0 aliphatic rings. The Bertz CT molecular complexity index is 423. The van der Waals surface area contributed by atoms with Gasteiger partial charge in [-0.25, -0.2) is 9.59 Å². The van der Waals surface area contributed by atoms with Gasteiger partial charge in [0.15, 0.2) is 14.4 Å². The summed E-state index contributed by atoms with van der Waals surface area (Å²) in [7, 11) is -0.804. The van der Waals surface area contributed by atoms with Crippen LogP contribution in [0.4, 0.5) is 4.79 Å². The predicted molar refractivity (Wildman–Crippen MR) is 92.9 cm³/mol. The monoisotopic (exact) mass is 347 g/mol. The largest absolute Gasteiger partial charge is 0.467 e. The van der Waals surface area contributed by atoms with Crippen LogP contribution in [0.3, 0.4) is 0 Å². The van der Waals surface area contributed by atoms with E-state index in [-0.39, 0.29) is 5.04 Å². The van der Waals surface area contributed by atoms with E-state index in [1.807, 2.05) is 0 Å². The van der Waals surface area contributed by atoms with Gasteiger partial charge in [-0.3, -0.25) is 0 Å². The van der Waals surface area contributed by atoms with E-state index >= 15 is 0 Å². The number of ether oxygens (including phenoxy) is 2. The van der Waals surface area contributed by atoms with E-state index in [1.54, 1.807) is 27.7 Å². The molecule has 0 heterocycles. The molecule has 1 N–H and O–H groups in total. The smallest absolute Gasteiger partial charge is 0.408 e. The zero-order chi connectivity index (χ0) is 18.6. The molecule has 0 aromatic carbocycles. The van der Waals surface area contributed by atoms with Crippen LogP contribution < -0.4 is 5.32 Å². The Morgan fingerprint density at radius 2 is 1.52 bits per heavy atom. The van der Waals surface area contributed by atoms with Crippen molar-refractivity contribution in [3.63, 3.8) is 0 Å². The van der Waals surface area contributed by atoms with Crippen LogP contribution in [0.5, 0.6) is 0 Å². The number of methoxy groups -OCH3 is 1. The van der Waals surface area contributed by atoms with Crippen LogP contribution in [0, 0.1) is 0 Å². The van der Waals surface area contributed by atoms with Gasteiger partial charge in [0.1, 0.15) is 5.60 Å². The Morgan fingerprint density at radius 1 is 1.04 bits per heavy atom. The third-order valence-corrected chi connectivity index (χ3v) is 8.46. The van der Waals surface area contributed by atoms with Crippen LogP contribution >= 0.6 is 0 Å². The van der Waals surface area contributed by atoms with Crippen LogP contribution in [-0.2, 0) is 18.7 Å². The van der Waals surface area contributed by atoms with Gasteiger partial charge in [0.05, 0.1) is 13.2 Å². The quantitative estimate of drug-likeness (QED) is 0.609. The maximum atomic E-state index is 12.0. The zero-order valence-electron chi connectivity index (χ0n) is 16.2. The molecule has 7 heteroatoms. The first-order chi connectivity index (χ1) is 10.1. The van der Waals surface area contributed by atoms with Crippen molar-refractivity contribution in [2.45, 2.75) is 84.3 Å². The number of esters is 1. The first kappa shape index (κ1) is 21.9. The van der Waals surface area contributed by atoms with E-state index in [0.29, 0.717) is 0 Å². The van der Waals surface area contributed by atoms with Gasteiger partial charge in [0.2, 0.25) is 0 Å². The van der Waals surface area contributed by atoms with Gasteiger partial charge < -0.3 is 19.2 Å². The summed E-state index contributed by atoms with van der Waals surface area (Å²) in [5.41, 5.74) is -0.645. The number of hydrogen-bond acceptors (Lipinski definition) is 5. The summed E-state index contributed by atoms with van der Waals surface area (Å²) in [6.45, 7) is 17.6. The summed E-state index contributed by atoms with van der Waals surface area (Å²) in [6.07, 6.45) is -1.19. The molecule has 0 fully saturated rings. The van der Waals surface area contributed by atoms with Crippen molar-refractivity contribution < 1.29 is 23.5 Å². The minimum absolute atomic E-state index is 0.00610. The van der Waals surface area contributed by atoms with Crippen LogP contribution in [0.15, 0.2) is 0 Å². The summed E-state index contributed by atoms with van der Waals surface area (Å²) in [5, 5.41) is 2.55. The Kier molecular flexibility index (Phi) is 7.30.